The lowest BCUT2D eigenvalue weighted by molar-refractivity contribution is -0.398. The number of hydrogen-bond acceptors (Lipinski definition) is 6. The number of nitrogens with zero attached hydrogens (tertiary/aromatic N) is 2. The molecule has 0 fully saturated rings. The fraction of sp³-hybridized carbons (Fsp3) is 0.136. The lowest BCUT2D eigenvalue weighted by Crippen LogP contribution is -2.43. The van der Waals surface area contributed by atoms with Gasteiger partial charge in [-0.3, -0.25) is 19.8 Å². The fourth-order valence-electron chi connectivity index (χ4n) is 3.51. The van der Waals surface area contributed by atoms with Gasteiger partial charge in [0.1, 0.15) is 11.9 Å². The molecule has 0 unspecified atom stereocenters. The Morgan fingerprint density at radius 2 is 1.80 bits per heavy atom. The molecule has 0 saturated carbocycles. The lowest BCUT2D eigenvalue weighted by atomic mass is 10.0. The molecular weight excluding hydrogens is 386 g/mol. The van der Waals surface area contributed by atoms with Gasteiger partial charge in [-0.25, -0.2) is 0 Å². The van der Waals surface area contributed by atoms with Crippen LogP contribution in [0.1, 0.15) is 27.7 Å². The first-order chi connectivity index (χ1) is 14.4. The Bertz CT molecular complexity index is 1140. The number of anilines is 2. The summed E-state index contributed by atoms with van der Waals surface area (Å²) < 4.78 is 5.07. The van der Waals surface area contributed by atoms with E-state index in [1.165, 1.54) is 24.1 Å². The number of para-hydroxylation sites is 1. The molecule has 0 aliphatic carbocycles. The van der Waals surface area contributed by atoms with Gasteiger partial charge in [0.25, 0.3) is 11.6 Å². The molecule has 1 heterocycles. The van der Waals surface area contributed by atoms with E-state index in [4.69, 9.17) is 4.74 Å². The van der Waals surface area contributed by atoms with E-state index in [2.05, 4.69) is 5.32 Å². The van der Waals surface area contributed by atoms with Crippen molar-refractivity contribution in [1.82, 2.24) is 0 Å². The summed E-state index contributed by atoms with van der Waals surface area (Å²) in [5.74, 6) is -1.22. The second-order valence-electron chi connectivity index (χ2n) is 6.93. The van der Waals surface area contributed by atoms with Crippen LogP contribution in [-0.2, 0) is 0 Å². The lowest BCUT2D eigenvalue weighted by Gasteiger charge is -2.38. The molecule has 1 amide bonds. The molecule has 1 atom stereocenters. The van der Waals surface area contributed by atoms with Gasteiger partial charge < -0.3 is 15.2 Å². The van der Waals surface area contributed by atoms with E-state index in [1.807, 2.05) is 31.2 Å². The first kappa shape index (κ1) is 19.3. The van der Waals surface area contributed by atoms with Crippen molar-refractivity contribution in [2.75, 3.05) is 17.3 Å². The zero-order valence-electron chi connectivity index (χ0n) is 16.3. The maximum absolute atomic E-state index is 13.4. The number of hydrogen-bond donors (Lipinski definition) is 1. The molecule has 3 aromatic carbocycles. The number of carbonyl (C=O) groups excluding carboxylic acids is 1. The van der Waals surface area contributed by atoms with Gasteiger partial charge in [0.2, 0.25) is 0 Å². The van der Waals surface area contributed by atoms with E-state index in [0.29, 0.717) is 22.5 Å². The molecule has 30 heavy (non-hydrogen) atoms. The number of amides is 1. The molecule has 0 spiro atoms. The first-order valence-corrected chi connectivity index (χ1v) is 9.20. The summed E-state index contributed by atoms with van der Waals surface area (Å²) in [6.07, 6.45) is -0.775. The van der Waals surface area contributed by atoms with Crippen molar-refractivity contribution in [3.63, 3.8) is 0 Å². The van der Waals surface area contributed by atoms with Crippen LogP contribution in [0, 0.1) is 17.0 Å². The van der Waals surface area contributed by atoms with Crippen LogP contribution in [0.15, 0.2) is 60.7 Å². The zero-order chi connectivity index (χ0) is 21.4. The first-order valence-electron chi connectivity index (χ1n) is 9.20. The molecule has 3 aromatic rings. The summed E-state index contributed by atoms with van der Waals surface area (Å²) in [7, 11) is 1.27. The number of rotatable bonds is 4. The van der Waals surface area contributed by atoms with Gasteiger partial charge >= 0.3 is 0 Å². The van der Waals surface area contributed by atoms with Crippen molar-refractivity contribution >= 4 is 23.0 Å². The van der Waals surface area contributed by atoms with Crippen molar-refractivity contribution < 1.29 is 19.6 Å². The molecular formula is C22H18N3O5-. The number of nitro groups is 1. The highest BCUT2D eigenvalue weighted by Gasteiger charge is 2.35. The van der Waals surface area contributed by atoms with Crippen LogP contribution >= 0.6 is 0 Å². The van der Waals surface area contributed by atoms with Crippen LogP contribution in [0.25, 0.3) is 0 Å². The summed E-state index contributed by atoms with van der Waals surface area (Å²) in [5, 5.41) is 27.0. The third-order valence-electron chi connectivity index (χ3n) is 5.03. The Labute approximate surface area is 172 Å². The minimum absolute atomic E-state index is 0.156. The number of methoxy groups -OCH3 is 1. The Balaban J connectivity index is 1.92. The molecule has 152 valence electrons. The number of aryl methyl sites for hydroxylation is 1. The van der Waals surface area contributed by atoms with E-state index in [1.54, 1.807) is 24.3 Å². The van der Waals surface area contributed by atoms with E-state index >= 15 is 0 Å². The van der Waals surface area contributed by atoms with Gasteiger partial charge in [-0.1, -0.05) is 29.8 Å². The average Bonchev–Trinajstić information content (AvgIpc) is 2.74. The Morgan fingerprint density at radius 3 is 2.47 bits per heavy atom. The minimum Gasteiger partial charge on any atom is -0.865 e. The van der Waals surface area contributed by atoms with Crippen LogP contribution in [0.3, 0.4) is 0 Å². The SMILES string of the molecule is COc1cc([C@@H]2Nc3ccccc3C(=O)N2c2ccc(C)cc2)cc([N+](=O)[O-])c1[O-]. The molecule has 8 nitrogen and oxygen atoms in total. The smallest absolute Gasteiger partial charge is 0.265 e. The predicted octanol–water partition coefficient (Wildman–Crippen LogP) is 3.76. The second-order valence-corrected chi connectivity index (χ2v) is 6.93. The number of fused-ring (bicyclic) bond motifs is 1. The maximum atomic E-state index is 13.4. The van der Waals surface area contributed by atoms with Crippen LogP contribution in [-0.4, -0.2) is 17.9 Å². The third-order valence-corrected chi connectivity index (χ3v) is 5.03. The average molecular weight is 404 g/mol. The third kappa shape index (κ3) is 3.18. The number of benzene rings is 3. The van der Waals surface area contributed by atoms with Crippen molar-refractivity contribution in [3.8, 4) is 11.5 Å². The highest BCUT2D eigenvalue weighted by molar-refractivity contribution is 6.12. The monoisotopic (exact) mass is 404 g/mol. The van der Waals surface area contributed by atoms with Crippen molar-refractivity contribution in [3.05, 3.63) is 87.5 Å². The van der Waals surface area contributed by atoms with E-state index in [0.717, 1.165) is 5.56 Å². The molecule has 1 N–H and O–H groups in total. The molecule has 0 saturated heterocycles. The molecule has 0 radical (unpaired) electrons. The Kier molecular flexibility index (Phi) is 4.75. The molecule has 1 aliphatic rings. The molecule has 8 heteroatoms. The van der Waals surface area contributed by atoms with Crippen molar-refractivity contribution in [2.45, 2.75) is 13.1 Å². The Hall–Kier alpha value is -4.07. The van der Waals surface area contributed by atoms with Gasteiger partial charge in [-0.05, 0) is 37.3 Å². The van der Waals surface area contributed by atoms with Crippen molar-refractivity contribution in [1.29, 1.82) is 0 Å². The van der Waals surface area contributed by atoms with Gasteiger partial charge in [0, 0.05) is 28.8 Å². The summed E-state index contributed by atoms with van der Waals surface area (Å²) in [6, 6.07) is 17.0. The molecule has 1 aliphatic heterocycles. The summed E-state index contributed by atoms with van der Waals surface area (Å²) in [5.41, 5.74) is 2.48. The highest BCUT2D eigenvalue weighted by atomic mass is 16.6. The van der Waals surface area contributed by atoms with Crippen molar-refractivity contribution in [2.24, 2.45) is 0 Å². The standard InChI is InChI=1S/C22H19N3O5/c1-13-7-9-15(10-8-13)24-21(23-17-6-4-3-5-16(17)22(24)27)14-11-18(25(28)29)20(26)19(12-14)30-2/h3-12,21,23,26H,1-2H3/p-1/t21-/m1/s1. The molecule has 0 aromatic heterocycles. The highest BCUT2D eigenvalue weighted by Crippen LogP contribution is 2.41. The van der Waals surface area contributed by atoms with Crippen LogP contribution < -0.4 is 20.1 Å². The van der Waals surface area contributed by atoms with E-state index in [-0.39, 0.29) is 11.7 Å². The fourth-order valence-corrected chi connectivity index (χ4v) is 3.51. The summed E-state index contributed by atoms with van der Waals surface area (Å²) in [6.45, 7) is 1.94. The van der Waals surface area contributed by atoms with Gasteiger partial charge in [-0.15, -0.1) is 0 Å². The van der Waals surface area contributed by atoms with Crippen LogP contribution in [0.5, 0.6) is 11.5 Å². The van der Waals surface area contributed by atoms with E-state index in [9.17, 15) is 20.0 Å². The van der Waals surface area contributed by atoms with Crippen LogP contribution in [0.2, 0.25) is 0 Å². The maximum Gasteiger partial charge on any atom is 0.265 e. The second kappa shape index (κ2) is 7.40. The number of nitro benzene ring substituents is 1. The number of ether oxygens (including phenoxy) is 1. The molecule has 0 bridgehead atoms. The quantitative estimate of drug-likeness (QED) is 0.524. The Morgan fingerprint density at radius 1 is 1.10 bits per heavy atom. The topological polar surface area (TPSA) is 108 Å². The normalized spacial score (nSPS) is 15.3. The number of nitrogens with one attached hydrogen (secondary N) is 1. The summed E-state index contributed by atoms with van der Waals surface area (Å²) >= 11 is 0. The molecule has 4 rings (SSSR count). The van der Waals surface area contributed by atoms with Gasteiger partial charge in [-0.2, -0.15) is 0 Å². The van der Waals surface area contributed by atoms with Gasteiger partial charge in [0.05, 0.1) is 17.6 Å². The minimum atomic E-state index is -0.810. The number of carbonyl (C=O) groups is 1. The largest absolute Gasteiger partial charge is 0.865 e. The zero-order valence-corrected chi connectivity index (χ0v) is 16.3. The summed E-state index contributed by atoms with van der Waals surface area (Å²) in [4.78, 5) is 25.6. The predicted molar refractivity (Wildman–Crippen MR) is 110 cm³/mol. The van der Waals surface area contributed by atoms with Crippen LogP contribution in [0.4, 0.5) is 17.1 Å². The van der Waals surface area contributed by atoms with E-state index < -0.39 is 22.5 Å². The van der Waals surface area contributed by atoms with Gasteiger partial charge in [0.15, 0.2) is 0 Å².